The van der Waals surface area contributed by atoms with Crippen molar-refractivity contribution in [2.45, 2.75) is 59.0 Å². The minimum Gasteiger partial charge on any atom is -0.307 e. The quantitative estimate of drug-likeness (QED) is 0.871. The van der Waals surface area contributed by atoms with Gasteiger partial charge in [0.25, 0.3) is 0 Å². The van der Waals surface area contributed by atoms with Crippen LogP contribution >= 0.6 is 11.3 Å². The highest BCUT2D eigenvalue weighted by molar-refractivity contribution is 7.11. The number of thiazole rings is 1. The Bertz CT molecular complexity index is 343. The van der Waals surface area contributed by atoms with Crippen LogP contribution in [0.25, 0.3) is 0 Å². The van der Waals surface area contributed by atoms with Crippen LogP contribution in [0.4, 0.5) is 0 Å². The minimum absolute atomic E-state index is 0.449. The molecule has 3 heteroatoms. The first-order valence-corrected chi connectivity index (χ1v) is 7.04. The Balaban J connectivity index is 1.89. The van der Waals surface area contributed by atoms with Crippen LogP contribution in [-0.2, 0) is 6.54 Å². The Morgan fingerprint density at radius 3 is 2.94 bits per heavy atom. The van der Waals surface area contributed by atoms with E-state index in [4.69, 9.17) is 0 Å². The highest BCUT2D eigenvalue weighted by Gasteiger charge is 2.31. The lowest BCUT2D eigenvalue weighted by Gasteiger charge is -2.39. The molecule has 1 aliphatic carbocycles. The van der Waals surface area contributed by atoms with Gasteiger partial charge in [0.05, 0.1) is 0 Å². The van der Waals surface area contributed by atoms with Crippen molar-refractivity contribution >= 4 is 11.3 Å². The molecule has 1 aliphatic rings. The van der Waals surface area contributed by atoms with Crippen molar-refractivity contribution < 1.29 is 0 Å². The molecule has 2 rings (SSSR count). The summed E-state index contributed by atoms with van der Waals surface area (Å²) in [7, 11) is 0. The summed E-state index contributed by atoms with van der Waals surface area (Å²) in [6, 6.07) is 0.658. The van der Waals surface area contributed by atoms with Crippen molar-refractivity contribution in [3.63, 3.8) is 0 Å². The zero-order valence-electron chi connectivity index (χ0n) is 10.5. The van der Waals surface area contributed by atoms with Gasteiger partial charge in [-0.3, -0.25) is 0 Å². The lowest BCUT2D eigenvalue weighted by atomic mass is 9.73. The predicted molar refractivity (Wildman–Crippen MR) is 69.7 cm³/mol. The average molecular weight is 238 g/mol. The fraction of sp³-hybridized carbons (Fsp3) is 0.769. The van der Waals surface area contributed by atoms with E-state index in [2.05, 4.69) is 31.1 Å². The zero-order chi connectivity index (χ0) is 11.6. The molecule has 0 aromatic carbocycles. The molecule has 1 N–H and O–H groups in total. The summed E-state index contributed by atoms with van der Waals surface area (Å²) < 4.78 is 0. The first-order valence-electron chi connectivity index (χ1n) is 6.22. The lowest BCUT2D eigenvalue weighted by molar-refractivity contribution is 0.166. The molecular formula is C13H22N2S. The molecule has 1 fully saturated rings. The number of nitrogens with zero attached hydrogens (tertiary/aromatic N) is 1. The molecule has 0 saturated heterocycles. The van der Waals surface area contributed by atoms with E-state index in [9.17, 15) is 0 Å². The maximum Gasteiger partial charge on any atom is 0.107 e. The van der Waals surface area contributed by atoms with E-state index in [-0.39, 0.29) is 0 Å². The van der Waals surface area contributed by atoms with Crippen molar-refractivity contribution in [1.82, 2.24) is 10.3 Å². The van der Waals surface area contributed by atoms with Gasteiger partial charge < -0.3 is 5.32 Å². The molecule has 0 aliphatic heterocycles. The van der Waals surface area contributed by atoms with Crippen molar-refractivity contribution in [3.05, 3.63) is 16.1 Å². The van der Waals surface area contributed by atoms with Crippen LogP contribution < -0.4 is 5.32 Å². The first kappa shape index (κ1) is 12.1. The van der Waals surface area contributed by atoms with E-state index < -0.39 is 0 Å². The highest BCUT2D eigenvalue weighted by atomic mass is 32.1. The Morgan fingerprint density at radius 1 is 1.50 bits per heavy atom. The summed E-state index contributed by atoms with van der Waals surface area (Å²) >= 11 is 1.80. The van der Waals surface area contributed by atoms with Gasteiger partial charge in [0.2, 0.25) is 0 Å². The van der Waals surface area contributed by atoms with Crippen molar-refractivity contribution in [2.75, 3.05) is 0 Å². The molecule has 1 heterocycles. The molecule has 1 atom stereocenters. The number of hydrogen-bond acceptors (Lipinski definition) is 3. The summed E-state index contributed by atoms with van der Waals surface area (Å²) in [6.07, 6.45) is 7.39. The number of rotatable bonds is 3. The van der Waals surface area contributed by atoms with Gasteiger partial charge in [-0.1, -0.05) is 26.7 Å². The molecule has 1 unspecified atom stereocenters. The molecular weight excluding hydrogens is 216 g/mol. The van der Waals surface area contributed by atoms with Gasteiger partial charge in [-0.2, -0.15) is 0 Å². The third kappa shape index (κ3) is 2.83. The monoisotopic (exact) mass is 238 g/mol. The smallest absolute Gasteiger partial charge is 0.107 e. The summed E-state index contributed by atoms with van der Waals surface area (Å²) in [5.74, 6) is 0. The number of nitrogens with one attached hydrogen (secondary N) is 1. The lowest BCUT2D eigenvalue weighted by Crippen LogP contribution is -2.43. The van der Waals surface area contributed by atoms with Crippen LogP contribution in [0, 0.1) is 12.3 Å². The standard InChI is InChI=1S/C13H22N2S/c1-10-8-15-12(16-10)9-14-11-6-4-5-7-13(11,2)3/h8,11,14H,4-7,9H2,1-3H3. The second kappa shape index (κ2) is 4.84. The van der Waals surface area contributed by atoms with Gasteiger partial charge >= 0.3 is 0 Å². The van der Waals surface area contributed by atoms with E-state index in [1.807, 2.05) is 6.20 Å². The van der Waals surface area contributed by atoms with Gasteiger partial charge in [0, 0.05) is 23.7 Å². The second-order valence-corrected chi connectivity index (χ2v) is 6.85. The van der Waals surface area contributed by atoms with Crippen LogP contribution in [0.15, 0.2) is 6.20 Å². The largest absolute Gasteiger partial charge is 0.307 e. The fourth-order valence-corrected chi connectivity index (χ4v) is 3.30. The van der Waals surface area contributed by atoms with Crippen LogP contribution in [0.3, 0.4) is 0 Å². The van der Waals surface area contributed by atoms with E-state index >= 15 is 0 Å². The predicted octanol–water partition coefficient (Wildman–Crippen LogP) is 3.51. The number of aromatic nitrogens is 1. The van der Waals surface area contributed by atoms with Gasteiger partial charge in [-0.05, 0) is 25.2 Å². The minimum atomic E-state index is 0.449. The normalized spacial score (nSPS) is 24.6. The Labute approximate surface area is 102 Å². The molecule has 0 bridgehead atoms. The van der Waals surface area contributed by atoms with Crippen LogP contribution in [-0.4, -0.2) is 11.0 Å². The molecule has 0 radical (unpaired) electrons. The van der Waals surface area contributed by atoms with Crippen molar-refractivity contribution in [1.29, 1.82) is 0 Å². The van der Waals surface area contributed by atoms with Gasteiger partial charge in [0.1, 0.15) is 5.01 Å². The molecule has 16 heavy (non-hydrogen) atoms. The van der Waals surface area contributed by atoms with Gasteiger partial charge in [0.15, 0.2) is 0 Å². The van der Waals surface area contributed by atoms with E-state index in [0.717, 1.165) is 6.54 Å². The highest BCUT2D eigenvalue weighted by Crippen LogP contribution is 2.35. The van der Waals surface area contributed by atoms with Crippen molar-refractivity contribution in [2.24, 2.45) is 5.41 Å². The number of hydrogen-bond donors (Lipinski definition) is 1. The topological polar surface area (TPSA) is 24.9 Å². The number of aryl methyl sites for hydroxylation is 1. The molecule has 0 amide bonds. The Hall–Kier alpha value is -0.410. The maximum atomic E-state index is 4.40. The summed E-state index contributed by atoms with van der Waals surface area (Å²) in [4.78, 5) is 5.71. The van der Waals surface area contributed by atoms with Gasteiger partial charge in [-0.25, -0.2) is 4.98 Å². The Kier molecular flexibility index (Phi) is 3.65. The summed E-state index contributed by atoms with van der Waals surface area (Å²) in [6.45, 7) is 7.83. The van der Waals surface area contributed by atoms with Crippen molar-refractivity contribution in [3.8, 4) is 0 Å². The third-order valence-electron chi connectivity index (χ3n) is 3.68. The van der Waals surface area contributed by atoms with E-state index in [0.29, 0.717) is 11.5 Å². The molecule has 0 spiro atoms. The molecule has 2 nitrogen and oxygen atoms in total. The Morgan fingerprint density at radius 2 is 2.31 bits per heavy atom. The molecule has 90 valence electrons. The average Bonchev–Trinajstić information content (AvgIpc) is 2.62. The van der Waals surface area contributed by atoms with Gasteiger partial charge in [-0.15, -0.1) is 11.3 Å². The van der Waals surface area contributed by atoms with Crippen LogP contribution in [0.1, 0.15) is 49.4 Å². The summed E-state index contributed by atoms with van der Waals surface area (Å²) in [5, 5.41) is 4.91. The maximum absolute atomic E-state index is 4.40. The fourth-order valence-electron chi connectivity index (χ4n) is 2.57. The molecule has 1 aromatic heterocycles. The van der Waals surface area contributed by atoms with E-state index in [1.165, 1.54) is 35.6 Å². The molecule has 1 saturated carbocycles. The van der Waals surface area contributed by atoms with Crippen LogP contribution in [0.2, 0.25) is 0 Å². The summed E-state index contributed by atoms with van der Waals surface area (Å²) in [5.41, 5.74) is 0.449. The van der Waals surface area contributed by atoms with Crippen LogP contribution in [0.5, 0.6) is 0 Å². The van der Waals surface area contributed by atoms with E-state index in [1.54, 1.807) is 11.3 Å². The molecule has 1 aromatic rings. The SMILES string of the molecule is Cc1cnc(CNC2CCCCC2(C)C)s1. The third-order valence-corrected chi connectivity index (χ3v) is 4.59. The second-order valence-electron chi connectivity index (χ2n) is 5.53. The zero-order valence-corrected chi connectivity index (χ0v) is 11.4. The first-order chi connectivity index (χ1) is 7.58.